The molecule has 1 heterocycles. The highest BCUT2D eigenvalue weighted by molar-refractivity contribution is 6.36. The molecule has 3 rings (SSSR count). The number of hydrogen-bond acceptors (Lipinski definition) is 4. The van der Waals surface area contributed by atoms with Crippen LogP contribution in [0.2, 0.25) is 10.0 Å². The summed E-state index contributed by atoms with van der Waals surface area (Å²) < 4.78 is 0. The highest BCUT2D eigenvalue weighted by atomic mass is 35.5. The fourth-order valence-electron chi connectivity index (χ4n) is 3.38. The second-order valence-electron chi connectivity index (χ2n) is 7.68. The average molecular weight is 477 g/mol. The minimum atomic E-state index is -0.652. The van der Waals surface area contributed by atoms with Gasteiger partial charge < -0.3 is 15.5 Å². The second kappa shape index (κ2) is 11.3. The molecule has 0 unspecified atom stereocenters. The number of piperazine rings is 1. The molecule has 0 spiro atoms. The van der Waals surface area contributed by atoms with E-state index in [0.717, 1.165) is 11.1 Å². The largest absolute Gasteiger partial charge is 0.347 e. The molecule has 32 heavy (non-hydrogen) atoms. The van der Waals surface area contributed by atoms with Crippen molar-refractivity contribution in [2.45, 2.75) is 13.5 Å². The van der Waals surface area contributed by atoms with Crippen molar-refractivity contribution in [2.75, 3.05) is 39.3 Å². The zero-order valence-electron chi connectivity index (χ0n) is 17.9. The van der Waals surface area contributed by atoms with E-state index in [1.54, 1.807) is 23.1 Å². The molecular weight excluding hydrogens is 451 g/mol. The zero-order chi connectivity index (χ0) is 23.1. The molecule has 7 nitrogen and oxygen atoms in total. The summed E-state index contributed by atoms with van der Waals surface area (Å²) in [5.74, 6) is -1.42. The maximum absolute atomic E-state index is 12.7. The molecule has 0 radical (unpaired) electrons. The van der Waals surface area contributed by atoms with Crippen molar-refractivity contribution in [2.24, 2.45) is 0 Å². The molecule has 2 aromatic rings. The number of aryl methyl sites for hydroxylation is 1. The predicted octanol–water partition coefficient (Wildman–Crippen LogP) is 2.49. The van der Waals surface area contributed by atoms with Gasteiger partial charge in [0.1, 0.15) is 0 Å². The summed E-state index contributed by atoms with van der Waals surface area (Å²) in [5.41, 5.74) is 2.51. The number of carbonyl (C=O) groups is 3. The van der Waals surface area contributed by atoms with Gasteiger partial charge in [0.25, 0.3) is 5.91 Å². The number of halogens is 2. The first-order chi connectivity index (χ1) is 15.3. The fourth-order valence-corrected chi connectivity index (χ4v) is 3.87. The van der Waals surface area contributed by atoms with Gasteiger partial charge in [-0.1, -0.05) is 53.0 Å². The summed E-state index contributed by atoms with van der Waals surface area (Å²) in [7, 11) is 0. The lowest BCUT2D eigenvalue weighted by Crippen LogP contribution is -2.51. The SMILES string of the molecule is Cc1ccc(CNC(=O)C(=O)NCCN2CCN(C(=O)c3ccc(Cl)cc3Cl)CC2)cc1. The lowest BCUT2D eigenvalue weighted by molar-refractivity contribution is -0.139. The molecule has 0 saturated carbocycles. The molecule has 1 saturated heterocycles. The van der Waals surface area contributed by atoms with Crippen LogP contribution in [-0.2, 0) is 16.1 Å². The van der Waals surface area contributed by atoms with E-state index in [0.29, 0.717) is 61.4 Å². The normalized spacial score (nSPS) is 14.2. The van der Waals surface area contributed by atoms with Gasteiger partial charge in [-0.3, -0.25) is 19.3 Å². The minimum Gasteiger partial charge on any atom is -0.347 e. The van der Waals surface area contributed by atoms with E-state index in [9.17, 15) is 14.4 Å². The van der Waals surface area contributed by atoms with Crippen LogP contribution in [0.15, 0.2) is 42.5 Å². The van der Waals surface area contributed by atoms with Crippen LogP contribution in [0.5, 0.6) is 0 Å². The predicted molar refractivity (Wildman–Crippen MR) is 125 cm³/mol. The Kier molecular flexibility index (Phi) is 8.50. The van der Waals surface area contributed by atoms with Crippen LogP contribution >= 0.6 is 23.2 Å². The number of nitrogens with one attached hydrogen (secondary N) is 2. The fraction of sp³-hybridized carbons (Fsp3) is 0.348. The smallest absolute Gasteiger partial charge is 0.309 e. The molecule has 0 aromatic heterocycles. The van der Waals surface area contributed by atoms with Crippen molar-refractivity contribution in [1.29, 1.82) is 0 Å². The summed E-state index contributed by atoms with van der Waals surface area (Å²) >= 11 is 12.0. The van der Waals surface area contributed by atoms with Gasteiger partial charge in [0.05, 0.1) is 10.6 Å². The quantitative estimate of drug-likeness (QED) is 0.627. The molecule has 1 aliphatic rings. The van der Waals surface area contributed by atoms with E-state index < -0.39 is 11.8 Å². The molecule has 2 aromatic carbocycles. The van der Waals surface area contributed by atoms with Crippen LogP contribution in [0.25, 0.3) is 0 Å². The van der Waals surface area contributed by atoms with Crippen molar-refractivity contribution in [1.82, 2.24) is 20.4 Å². The third-order valence-corrected chi connectivity index (χ3v) is 5.86. The molecule has 1 aliphatic heterocycles. The Balaban J connectivity index is 1.35. The number of carbonyl (C=O) groups excluding carboxylic acids is 3. The van der Waals surface area contributed by atoms with Crippen LogP contribution in [0.1, 0.15) is 21.5 Å². The first-order valence-electron chi connectivity index (χ1n) is 10.4. The van der Waals surface area contributed by atoms with Crippen LogP contribution in [0.4, 0.5) is 0 Å². The van der Waals surface area contributed by atoms with E-state index in [1.807, 2.05) is 31.2 Å². The average Bonchev–Trinajstić information content (AvgIpc) is 2.78. The molecule has 1 fully saturated rings. The van der Waals surface area contributed by atoms with Crippen LogP contribution < -0.4 is 10.6 Å². The zero-order valence-corrected chi connectivity index (χ0v) is 19.4. The Bertz CT molecular complexity index is 974. The minimum absolute atomic E-state index is 0.120. The lowest BCUT2D eigenvalue weighted by Gasteiger charge is -2.34. The molecule has 0 aliphatic carbocycles. The van der Waals surface area contributed by atoms with Crippen LogP contribution in [0, 0.1) is 6.92 Å². The Morgan fingerprint density at radius 1 is 0.906 bits per heavy atom. The Morgan fingerprint density at radius 3 is 2.22 bits per heavy atom. The van der Waals surface area contributed by atoms with Gasteiger partial charge in [-0.15, -0.1) is 0 Å². The van der Waals surface area contributed by atoms with Gasteiger partial charge in [-0.05, 0) is 30.7 Å². The third kappa shape index (κ3) is 6.69. The van der Waals surface area contributed by atoms with E-state index in [2.05, 4.69) is 15.5 Å². The summed E-state index contributed by atoms with van der Waals surface area (Å²) in [5, 5.41) is 6.09. The Morgan fingerprint density at radius 2 is 1.56 bits per heavy atom. The number of rotatable bonds is 6. The van der Waals surface area contributed by atoms with Gasteiger partial charge in [0.2, 0.25) is 0 Å². The van der Waals surface area contributed by atoms with E-state index in [-0.39, 0.29) is 5.91 Å². The van der Waals surface area contributed by atoms with Crippen molar-refractivity contribution in [3.05, 3.63) is 69.2 Å². The van der Waals surface area contributed by atoms with Crippen molar-refractivity contribution in [3.8, 4) is 0 Å². The second-order valence-corrected chi connectivity index (χ2v) is 8.53. The summed E-state index contributed by atoms with van der Waals surface area (Å²) in [6, 6.07) is 12.6. The Hall–Kier alpha value is -2.61. The van der Waals surface area contributed by atoms with Crippen LogP contribution in [-0.4, -0.2) is 66.8 Å². The topological polar surface area (TPSA) is 81.8 Å². The maximum Gasteiger partial charge on any atom is 0.309 e. The number of hydrogen-bond donors (Lipinski definition) is 2. The molecular formula is C23H26Cl2N4O3. The van der Waals surface area contributed by atoms with E-state index in [1.165, 1.54) is 0 Å². The van der Waals surface area contributed by atoms with Crippen LogP contribution in [0.3, 0.4) is 0 Å². The highest BCUT2D eigenvalue weighted by Gasteiger charge is 2.23. The molecule has 0 atom stereocenters. The van der Waals surface area contributed by atoms with E-state index >= 15 is 0 Å². The van der Waals surface area contributed by atoms with Crippen molar-refractivity contribution in [3.63, 3.8) is 0 Å². The van der Waals surface area contributed by atoms with E-state index in [4.69, 9.17) is 23.2 Å². The molecule has 3 amide bonds. The monoisotopic (exact) mass is 476 g/mol. The van der Waals surface area contributed by atoms with Gasteiger partial charge >= 0.3 is 11.8 Å². The van der Waals surface area contributed by atoms with Gasteiger partial charge in [0, 0.05) is 50.8 Å². The number of amides is 3. The summed E-state index contributed by atoms with van der Waals surface area (Å²) in [6.07, 6.45) is 0. The summed E-state index contributed by atoms with van der Waals surface area (Å²) in [4.78, 5) is 40.5. The maximum atomic E-state index is 12.7. The number of benzene rings is 2. The molecule has 9 heteroatoms. The van der Waals surface area contributed by atoms with Crippen molar-refractivity contribution < 1.29 is 14.4 Å². The molecule has 0 bridgehead atoms. The lowest BCUT2D eigenvalue weighted by atomic mass is 10.1. The standard InChI is InChI=1S/C23H26Cl2N4O3/c1-16-2-4-17(5-3-16)15-27-22(31)21(30)26-8-9-28-10-12-29(13-11-28)23(32)19-7-6-18(24)14-20(19)25/h2-7,14H,8-13,15H2,1H3,(H,26,30)(H,27,31). The highest BCUT2D eigenvalue weighted by Crippen LogP contribution is 2.22. The van der Waals surface area contributed by atoms with Gasteiger partial charge in [-0.25, -0.2) is 0 Å². The molecule has 170 valence electrons. The van der Waals surface area contributed by atoms with Gasteiger partial charge in [-0.2, -0.15) is 0 Å². The summed E-state index contributed by atoms with van der Waals surface area (Å²) in [6.45, 7) is 5.71. The first kappa shape index (κ1) is 24.0. The van der Waals surface area contributed by atoms with Gasteiger partial charge in [0.15, 0.2) is 0 Å². The molecule has 2 N–H and O–H groups in total. The Labute approximate surface area is 197 Å². The number of nitrogens with zero attached hydrogens (tertiary/aromatic N) is 2. The van der Waals surface area contributed by atoms with Crippen molar-refractivity contribution >= 4 is 40.9 Å². The third-order valence-electron chi connectivity index (χ3n) is 5.31. The first-order valence-corrected chi connectivity index (χ1v) is 11.2.